The Labute approximate surface area is 201 Å². The second-order valence-electron chi connectivity index (χ2n) is 10.1. The predicted molar refractivity (Wildman–Crippen MR) is 133 cm³/mol. The van der Waals surface area contributed by atoms with Gasteiger partial charge >= 0.3 is 0 Å². The summed E-state index contributed by atoms with van der Waals surface area (Å²) < 4.78 is 22.2. The summed E-state index contributed by atoms with van der Waals surface area (Å²) in [5.74, 6) is 0.324. The summed E-state index contributed by atoms with van der Waals surface area (Å²) in [4.78, 5) is 25.5. The Hall–Kier alpha value is -3.26. The molecule has 0 saturated heterocycles. The Bertz CT molecular complexity index is 1180. The van der Waals surface area contributed by atoms with E-state index < -0.39 is 25.9 Å². The van der Waals surface area contributed by atoms with E-state index in [-0.39, 0.29) is 11.4 Å². The lowest BCUT2D eigenvalue weighted by Crippen LogP contribution is -2.38. The lowest BCUT2D eigenvalue weighted by atomic mass is 9.86. The number of carbonyl (C=O) groups excluding carboxylic acids is 2. The first-order valence-corrected chi connectivity index (χ1v) is 14.4. The van der Waals surface area contributed by atoms with Crippen molar-refractivity contribution in [3.05, 3.63) is 53.5 Å². The second kappa shape index (κ2) is 8.50. The molecule has 1 amide bonds. The molecule has 2 aromatic rings. The molecule has 0 radical (unpaired) electrons. The SMILES string of the molecule is COc1cccc(OC)c1NC(=O)C1OC(Oc2cc3c(cc2C)[Si](C)(C)CC3(C)C)=CC1=O. The summed E-state index contributed by atoms with van der Waals surface area (Å²) in [6, 6.07) is 10.6. The fourth-order valence-electron chi connectivity index (χ4n) is 5.12. The highest BCUT2D eigenvalue weighted by molar-refractivity contribution is 6.91. The molecule has 0 bridgehead atoms. The van der Waals surface area contributed by atoms with Crippen molar-refractivity contribution in [3.8, 4) is 17.2 Å². The van der Waals surface area contributed by atoms with Crippen molar-refractivity contribution in [3.63, 3.8) is 0 Å². The van der Waals surface area contributed by atoms with Crippen LogP contribution >= 0.6 is 0 Å². The third-order valence-electron chi connectivity index (χ3n) is 6.53. The molecule has 2 aliphatic rings. The van der Waals surface area contributed by atoms with Crippen LogP contribution in [0.5, 0.6) is 17.2 Å². The summed E-state index contributed by atoms with van der Waals surface area (Å²) in [6.07, 6.45) is -0.137. The smallest absolute Gasteiger partial charge is 0.289 e. The Morgan fingerprint density at radius 2 is 1.76 bits per heavy atom. The number of aryl methyl sites for hydroxylation is 1. The van der Waals surface area contributed by atoms with Gasteiger partial charge in [0.15, 0.2) is 0 Å². The minimum Gasteiger partial charge on any atom is -0.494 e. The van der Waals surface area contributed by atoms with E-state index in [1.807, 2.05) is 6.92 Å². The molecule has 1 atom stereocenters. The number of ketones is 1. The molecule has 4 rings (SSSR count). The van der Waals surface area contributed by atoms with Gasteiger partial charge in [-0.05, 0) is 47.7 Å². The van der Waals surface area contributed by atoms with Gasteiger partial charge in [0, 0.05) is 0 Å². The average molecular weight is 482 g/mol. The molecule has 1 unspecified atom stereocenters. The van der Waals surface area contributed by atoms with E-state index in [0.29, 0.717) is 22.9 Å². The van der Waals surface area contributed by atoms with E-state index in [2.05, 4.69) is 44.4 Å². The molecule has 7 nitrogen and oxygen atoms in total. The van der Waals surface area contributed by atoms with Crippen LogP contribution in [0.25, 0.3) is 0 Å². The van der Waals surface area contributed by atoms with Crippen LogP contribution < -0.4 is 24.7 Å². The van der Waals surface area contributed by atoms with Crippen molar-refractivity contribution in [2.75, 3.05) is 19.5 Å². The molecule has 2 aliphatic heterocycles. The van der Waals surface area contributed by atoms with Gasteiger partial charge in [-0.2, -0.15) is 0 Å². The van der Waals surface area contributed by atoms with Gasteiger partial charge in [-0.3, -0.25) is 9.59 Å². The van der Waals surface area contributed by atoms with Gasteiger partial charge in [0.05, 0.1) is 28.4 Å². The van der Waals surface area contributed by atoms with Crippen LogP contribution in [0.1, 0.15) is 25.0 Å². The molecule has 2 aromatic carbocycles. The van der Waals surface area contributed by atoms with Gasteiger partial charge in [-0.1, -0.05) is 44.3 Å². The zero-order valence-electron chi connectivity index (χ0n) is 20.7. The number of benzene rings is 2. The maximum absolute atomic E-state index is 12.9. The Balaban J connectivity index is 1.52. The maximum atomic E-state index is 12.9. The number of hydrogen-bond acceptors (Lipinski definition) is 6. The zero-order valence-corrected chi connectivity index (χ0v) is 21.7. The van der Waals surface area contributed by atoms with Gasteiger partial charge < -0.3 is 24.3 Å². The number of hydrogen-bond donors (Lipinski definition) is 1. The first-order valence-electron chi connectivity index (χ1n) is 11.2. The summed E-state index contributed by atoms with van der Waals surface area (Å²) in [7, 11) is 1.46. The van der Waals surface area contributed by atoms with Gasteiger partial charge in [-0.25, -0.2) is 0 Å². The van der Waals surface area contributed by atoms with Crippen LogP contribution in [0.15, 0.2) is 42.4 Å². The van der Waals surface area contributed by atoms with E-state index in [0.717, 1.165) is 5.56 Å². The van der Waals surface area contributed by atoms with Crippen molar-refractivity contribution in [1.29, 1.82) is 0 Å². The normalized spacial score (nSPS) is 19.7. The highest BCUT2D eigenvalue weighted by atomic mass is 28.3. The highest BCUT2D eigenvalue weighted by Crippen LogP contribution is 2.42. The Kier molecular flexibility index (Phi) is 5.97. The average Bonchev–Trinajstić information content (AvgIpc) is 3.21. The molecular formula is C26H31NO6Si. The van der Waals surface area contributed by atoms with Crippen molar-refractivity contribution >= 4 is 30.6 Å². The van der Waals surface area contributed by atoms with E-state index in [9.17, 15) is 9.59 Å². The Morgan fingerprint density at radius 1 is 1.12 bits per heavy atom. The molecule has 0 fully saturated rings. The van der Waals surface area contributed by atoms with Crippen LogP contribution in [0.4, 0.5) is 5.69 Å². The fourth-order valence-corrected chi connectivity index (χ4v) is 9.46. The molecule has 0 aliphatic carbocycles. The van der Waals surface area contributed by atoms with Crippen LogP contribution in [0, 0.1) is 6.92 Å². The minimum absolute atomic E-state index is 0.00694. The number of nitrogens with one attached hydrogen (secondary N) is 1. The number of ether oxygens (including phenoxy) is 4. The summed E-state index contributed by atoms with van der Waals surface area (Å²) in [6.45, 7) is 11.3. The van der Waals surface area contributed by atoms with E-state index in [1.54, 1.807) is 18.2 Å². The quantitative estimate of drug-likeness (QED) is 0.495. The fraction of sp³-hybridized carbons (Fsp3) is 0.385. The maximum Gasteiger partial charge on any atom is 0.289 e. The second-order valence-corrected chi connectivity index (χ2v) is 14.8. The van der Waals surface area contributed by atoms with Gasteiger partial charge in [0.1, 0.15) is 22.9 Å². The molecule has 0 saturated carbocycles. The number of para-hydroxylation sites is 1. The van der Waals surface area contributed by atoms with E-state index in [4.69, 9.17) is 18.9 Å². The topological polar surface area (TPSA) is 83.1 Å². The molecule has 8 heteroatoms. The molecule has 180 valence electrons. The van der Waals surface area contributed by atoms with Crippen molar-refractivity contribution in [2.45, 2.75) is 51.4 Å². The predicted octanol–water partition coefficient (Wildman–Crippen LogP) is 4.05. The minimum atomic E-state index is -1.51. The standard InChI is InChI=1S/C26H31NO6Si/c1-15-11-21-16(26(2,3)14-34(21,6)7)12-20(15)32-22-13-17(28)24(33-22)25(29)27-23-18(30-4)9-8-10-19(23)31-5/h8-13,24H,14H2,1-7H3,(H,27,29). The molecule has 2 heterocycles. The first kappa shape index (κ1) is 23.9. The number of amides is 1. The van der Waals surface area contributed by atoms with Crippen LogP contribution in [0.2, 0.25) is 19.1 Å². The molecule has 0 spiro atoms. The van der Waals surface area contributed by atoms with Crippen molar-refractivity contribution in [2.24, 2.45) is 0 Å². The van der Waals surface area contributed by atoms with Gasteiger partial charge in [0.2, 0.25) is 11.9 Å². The van der Waals surface area contributed by atoms with Gasteiger partial charge in [0.25, 0.3) is 11.9 Å². The van der Waals surface area contributed by atoms with Crippen LogP contribution in [0.3, 0.4) is 0 Å². The molecule has 0 aromatic heterocycles. The van der Waals surface area contributed by atoms with Crippen molar-refractivity contribution < 1.29 is 28.5 Å². The third-order valence-corrected chi connectivity index (χ3v) is 10.2. The number of rotatable bonds is 6. The monoisotopic (exact) mass is 481 g/mol. The van der Waals surface area contributed by atoms with Gasteiger partial charge in [-0.15, -0.1) is 0 Å². The lowest BCUT2D eigenvalue weighted by Gasteiger charge is -2.21. The molecular weight excluding hydrogens is 450 g/mol. The number of fused-ring (bicyclic) bond motifs is 1. The van der Waals surface area contributed by atoms with E-state index >= 15 is 0 Å². The zero-order chi connectivity index (χ0) is 24.8. The highest BCUT2D eigenvalue weighted by Gasteiger charge is 2.44. The van der Waals surface area contributed by atoms with Crippen LogP contribution in [-0.2, 0) is 19.7 Å². The summed E-state index contributed by atoms with van der Waals surface area (Å²) in [5.41, 5.74) is 2.65. The number of methoxy groups -OCH3 is 2. The summed E-state index contributed by atoms with van der Waals surface area (Å²) in [5, 5.41) is 4.13. The Morgan fingerprint density at radius 3 is 2.38 bits per heavy atom. The van der Waals surface area contributed by atoms with Crippen molar-refractivity contribution in [1.82, 2.24) is 0 Å². The largest absolute Gasteiger partial charge is 0.494 e. The lowest BCUT2D eigenvalue weighted by molar-refractivity contribution is -0.134. The molecule has 1 N–H and O–H groups in total. The third kappa shape index (κ3) is 4.18. The van der Waals surface area contributed by atoms with Crippen LogP contribution in [-0.4, -0.2) is 40.1 Å². The number of carbonyl (C=O) groups is 2. The first-order chi connectivity index (χ1) is 16.0. The number of anilines is 1. The van der Waals surface area contributed by atoms with E-state index in [1.165, 1.54) is 37.1 Å². The summed E-state index contributed by atoms with van der Waals surface area (Å²) >= 11 is 0. The molecule has 34 heavy (non-hydrogen) atoms.